The number of nitrogens with zero attached hydrogens (tertiary/aromatic N) is 1. The van der Waals surface area contributed by atoms with Crippen molar-refractivity contribution in [3.8, 4) is 0 Å². The Morgan fingerprint density at radius 3 is 2.89 bits per heavy atom. The van der Waals surface area contributed by atoms with Crippen LogP contribution < -0.4 is 5.32 Å². The van der Waals surface area contributed by atoms with Gasteiger partial charge in [0, 0.05) is 17.6 Å². The van der Waals surface area contributed by atoms with Crippen LogP contribution in [0.3, 0.4) is 0 Å². The van der Waals surface area contributed by atoms with Crippen LogP contribution >= 0.6 is 0 Å². The monoisotopic (exact) mass is 240 g/mol. The lowest BCUT2D eigenvalue weighted by Crippen LogP contribution is -2.17. The van der Waals surface area contributed by atoms with E-state index in [9.17, 15) is 0 Å². The van der Waals surface area contributed by atoms with E-state index in [-0.39, 0.29) is 0 Å². The van der Waals surface area contributed by atoms with Crippen molar-refractivity contribution in [2.24, 2.45) is 0 Å². The number of rotatable bonds is 5. The van der Waals surface area contributed by atoms with Crippen LogP contribution in [0.15, 0.2) is 48.7 Å². The third kappa shape index (κ3) is 2.59. The minimum atomic E-state index is 0.311. The molecular weight excluding hydrogens is 220 g/mol. The zero-order chi connectivity index (χ0) is 13.0. The topological polar surface area (TPSA) is 24.9 Å². The Morgan fingerprint density at radius 2 is 2.17 bits per heavy atom. The number of fused-ring (bicyclic) bond motifs is 1. The van der Waals surface area contributed by atoms with E-state index in [1.807, 2.05) is 19.3 Å². The van der Waals surface area contributed by atoms with Crippen molar-refractivity contribution in [1.29, 1.82) is 0 Å². The molecule has 2 nitrogen and oxygen atoms in total. The maximum atomic E-state index is 4.41. The first-order valence-electron chi connectivity index (χ1n) is 6.43. The molecule has 2 heteroatoms. The molecule has 1 aromatic heterocycles. The third-order valence-electron chi connectivity index (χ3n) is 3.40. The fraction of sp³-hybridized carbons (Fsp3) is 0.312. The molecule has 0 spiro atoms. The number of pyridine rings is 1. The van der Waals surface area contributed by atoms with Crippen molar-refractivity contribution < 1.29 is 0 Å². The van der Waals surface area contributed by atoms with Gasteiger partial charge in [0.05, 0.1) is 5.52 Å². The molecule has 1 aromatic carbocycles. The first-order chi connectivity index (χ1) is 8.76. The van der Waals surface area contributed by atoms with Gasteiger partial charge in [-0.2, -0.15) is 0 Å². The highest BCUT2D eigenvalue weighted by Gasteiger charge is 2.13. The second-order valence-electron chi connectivity index (χ2n) is 4.57. The van der Waals surface area contributed by atoms with Gasteiger partial charge >= 0.3 is 0 Å². The SMILES string of the molecule is C=C(CC)CC(NC)c1cccc2ncccc12. The molecule has 0 saturated heterocycles. The Balaban J connectivity index is 2.41. The fourth-order valence-corrected chi connectivity index (χ4v) is 2.23. The largest absolute Gasteiger partial charge is 0.313 e. The summed E-state index contributed by atoms with van der Waals surface area (Å²) in [6.07, 6.45) is 3.84. The predicted octanol–water partition coefficient (Wildman–Crippen LogP) is 3.85. The maximum Gasteiger partial charge on any atom is 0.0705 e. The van der Waals surface area contributed by atoms with E-state index in [2.05, 4.69) is 48.1 Å². The van der Waals surface area contributed by atoms with Crippen molar-refractivity contribution in [3.05, 3.63) is 54.2 Å². The smallest absolute Gasteiger partial charge is 0.0705 e. The molecule has 0 aliphatic heterocycles. The van der Waals surface area contributed by atoms with Crippen molar-refractivity contribution in [1.82, 2.24) is 10.3 Å². The van der Waals surface area contributed by atoms with Gasteiger partial charge in [-0.3, -0.25) is 4.98 Å². The summed E-state index contributed by atoms with van der Waals surface area (Å²) in [5, 5.41) is 4.61. The molecule has 0 amide bonds. The standard InChI is InChI=1S/C16H20N2/c1-4-12(2)11-16(17-3)14-7-5-9-15-13(14)8-6-10-18-15/h5-10,16-17H,2,4,11H2,1,3H3. The molecule has 2 rings (SSSR count). The van der Waals surface area contributed by atoms with Gasteiger partial charge in [-0.15, -0.1) is 0 Å². The molecule has 0 radical (unpaired) electrons. The van der Waals surface area contributed by atoms with E-state index in [0.717, 1.165) is 18.4 Å². The number of hydrogen-bond acceptors (Lipinski definition) is 2. The lowest BCUT2D eigenvalue weighted by molar-refractivity contribution is 0.586. The molecule has 1 atom stereocenters. The van der Waals surface area contributed by atoms with Crippen molar-refractivity contribution in [3.63, 3.8) is 0 Å². The Hall–Kier alpha value is -1.67. The van der Waals surface area contributed by atoms with Crippen LogP contribution in [0.1, 0.15) is 31.4 Å². The lowest BCUT2D eigenvalue weighted by atomic mass is 9.95. The molecule has 0 fully saturated rings. The molecule has 1 heterocycles. The average Bonchev–Trinajstić information content (AvgIpc) is 2.44. The second kappa shape index (κ2) is 5.78. The highest BCUT2D eigenvalue weighted by molar-refractivity contribution is 5.82. The Kier molecular flexibility index (Phi) is 4.11. The summed E-state index contributed by atoms with van der Waals surface area (Å²) in [5.74, 6) is 0. The third-order valence-corrected chi connectivity index (χ3v) is 3.40. The minimum absolute atomic E-state index is 0.311. The zero-order valence-corrected chi connectivity index (χ0v) is 11.1. The van der Waals surface area contributed by atoms with Gasteiger partial charge in [0.1, 0.15) is 0 Å². The van der Waals surface area contributed by atoms with Crippen LogP contribution in [0.25, 0.3) is 10.9 Å². The molecule has 2 aromatic rings. The Labute approximate surface area is 109 Å². The molecule has 0 aliphatic carbocycles. The lowest BCUT2D eigenvalue weighted by Gasteiger charge is -2.19. The van der Waals surface area contributed by atoms with E-state index in [0.29, 0.717) is 6.04 Å². The second-order valence-corrected chi connectivity index (χ2v) is 4.57. The first-order valence-corrected chi connectivity index (χ1v) is 6.43. The van der Waals surface area contributed by atoms with Gasteiger partial charge in [0.2, 0.25) is 0 Å². The summed E-state index contributed by atoms with van der Waals surface area (Å²) in [6, 6.07) is 10.7. The van der Waals surface area contributed by atoms with E-state index >= 15 is 0 Å². The highest BCUT2D eigenvalue weighted by atomic mass is 14.9. The van der Waals surface area contributed by atoms with Crippen LogP contribution in [-0.4, -0.2) is 12.0 Å². The van der Waals surface area contributed by atoms with Gasteiger partial charge in [0.15, 0.2) is 0 Å². The summed E-state index contributed by atoms with van der Waals surface area (Å²) in [7, 11) is 2.00. The van der Waals surface area contributed by atoms with E-state index < -0.39 is 0 Å². The summed E-state index contributed by atoms with van der Waals surface area (Å²) in [5.41, 5.74) is 3.63. The van der Waals surface area contributed by atoms with Gasteiger partial charge in [0.25, 0.3) is 0 Å². The number of aromatic nitrogens is 1. The van der Waals surface area contributed by atoms with Crippen LogP contribution in [0.5, 0.6) is 0 Å². The maximum absolute atomic E-state index is 4.41. The highest BCUT2D eigenvalue weighted by Crippen LogP contribution is 2.27. The number of nitrogens with one attached hydrogen (secondary N) is 1. The first kappa shape index (κ1) is 12.8. The average molecular weight is 240 g/mol. The molecule has 94 valence electrons. The molecule has 0 aliphatic rings. The predicted molar refractivity (Wildman–Crippen MR) is 77.6 cm³/mol. The van der Waals surface area contributed by atoms with Gasteiger partial charge in [-0.05, 0) is 37.6 Å². The molecular formula is C16H20N2. The van der Waals surface area contributed by atoms with Crippen LogP contribution in [0, 0.1) is 0 Å². The van der Waals surface area contributed by atoms with Crippen molar-refractivity contribution >= 4 is 10.9 Å². The summed E-state index contributed by atoms with van der Waals surface area (Å²) < 4.78 is 0. The summed E-state index contributed by atoms with van der Waals surface area (Å²) >= 11 is 0. The van der Waals surface area contributed by atoms with Gasteiger partial charge in [-0.1, -0.05) is 37.3 Å². The van der Waals surface area contributed by atoms with E-state index in [1.165, 1.54) is 16.5 Å². The van der Waals surface area contributed by atoms with E-state index in [4.69, 9.17) is 0 Å². The molecule has 0 bridgehead atoms. The van der Waals surface area contributed by atoms with Crippen molar-refractivity contribution in [2.75, 3.05) is 7.05 Å². The number of hydrogen-bond donors (Lipinski definition) is 1. The summed E-state index contributed by atoms with van der Waals surface area (Å²) in [4.78, 5) is 4.41. The summed E-state index contributed by atoms with van der Waals surface area (Å²) in [6.45, 7) is 6.26. The van der Waals surface area contributed by atoms with Gasteiger partial charge in [-0.25, -0.2) is 0 Å². The van der Waals surface area contributed by atoms with Gasteiger partial charge < -0.3 is 5.32 Å². The molecule has 0 saturated carbocycles. The molecule has 18 heavy (non-hydrogen) atoms. The zero-order valence-electron chi connectivity index (χ0n) is 11.1. The molecule has 1 unspecified atom stereocenters. The normalized spacial score (nSPS) is 12.6. The molecule has 1 N–H and O–H groups in total. The Bertz CT molecular complexity index is 540. The Morgan fingerprint density at radius 1 is 1.33 bits per heavy atom. The van der Waals surface area contributed by atoms with Crippen LogP contribution in [0.2, 0.25) is 0 Å². The van der Waals surface area contributed by atoms with Crippen LogP contribution in [-0.2, 0) is 0 Å². The quantitative estimate of drug-likeness (QED) is 0.803. The minimum Gasteiger partial charge on any atom is -0.313 e. The van der Waals surface area contributed by atoms with Crippen molar-refractivity contribution in [2.45, 2.75) is 25.8 Å². The van der Waals surface area contributed by atoms with E-state index in [1.54, 1.807) is 0 Å². The fourth-order valence-electron chi connectivity index (χ4n) is 2.23. The number of benzene rings is 1. The van der Waals surface area contributed by atoms with Crippen LogP contribution in [0.4, 0.5) is 0 Å².